The van der Waals surface area contributed by atoms with Gasteiger partial charge in [0.15, 0.2) is 0 Å². The highest BCUT2D eigenvalue weighted by Gasteiger charge is 2.46. The van der Waals surface area contributed by atoms with Gasteiger partial charge in [0.25, 0.3) is 11.7 Å². The second-order valence-electron chi connectivity index (χ2n) is 7.06. The number of carbonyl (C=O) groups is 2. The molecule has 0 spiro atoms. The van der Waals surface area contributed by atoms with Gasteiger partial charge in [0.05, 0.1) is 11.6 Å². The summed E-state index contributed by atoms with van der Waals surface area (Å²) in [7, 11) is 3.84. The number of likely N-dealkylation sites (tertiary alicyclic amines) is 1. The Morgan fingerprint density at radius 3 is 2.71 bits per heavy atom. The van der Waals surface area contributed by atoms with E-state index in [2.05, 4.69) is 4.98 Å². The molecule has 1 aliphatic heterocycles. The summed E-state index contributed by atoms with van der Waals surface area (Å²) >= 11 is 1.47. The first-order valence-electron chi connectivity index (χ1n) is 9.02. The lowest BCUT2D eigenvalue weighted by molar-refractivity contribution is -0.140. The highest BCUT2D eigenvalue weighted by atomic mass is 32.1. The van der Waals surface area contributed by atoms with Crippen molar-refractivity contribution in [2.75, 3.05) is 27.2 Å². The maximum absolute atomic E-state index is 12.9. The van der Waals surface area contributed by atoms with Gasteiger partial charge in [-0.1, -0.05) is 24.3 Å². The second-order valence-corrected chi connectivity index (χ2v) is 8.04. The minimum Gasteiger partial charge on any atom is -0.507 e. The number of ketones is 1. The molecular weight excluding hydrogens is 374 g/mol. The Labute approximate surface area is 166 Å². The van der Waals surface area contributed by atoms with Gasteiger partial charge in [0.2, 0.25) is 0 Å². The maximum atomic E-state index is 12.9. The van der Waals surface area contributed by atoms with Crippen molar-refractivity contribution in [3.05, 3.63) is 64.0 Å². The summed E-state index contributed by atoms with van der Waals surface area (Å²) in [6, 6.07) is 10.8. The van der Waals surface area contributed by atoms with E-state index in [1.807, 2.05) is 60.8 Å². The number of para-hydroxylation sites is 1. The van der Waals surface area contributed by atoms with Crippen molar-refractivity contribution < 1.29 is 14.7 Å². The highest BCUT2D eigenvalue weighted by molar-refractivity contribution is 7.10. The van der Waals surface area contributed by atoms with Crippen LogP contribution in [0.4, 0.5) is 0 Å². The van der Waals surface area contributed by atoms with Crippen LogP contribution in [0.15, 0.2) is 53.5 Å². The number of thiophene rings is 1. The molecule has 3 heterocycles. The summed E-state index contributed by atoms with van der Waals surface area (Å²) in [5.41, 5.74) is 1.54. The van der Waals surface area contributed by atoms with Crippen molar-refractivity contribution in [1.82, 2.24) is 14.8 Å². The first-order valence-corrected chi connectivity index (χ1v) is 9.90. The molecule has 0 saturated carbocycles. The lowest BCUT2D eigenvalue weighted by Gasteiger charge is -2.25. The van der Waals surface area contributed by atoms with Gasteiger partial charge in [-0.25, -0.2) is 0 Å². The largest absolute Gasteiger partial charge is 0.507 e. The number of carbonyl (C=O) groups excluding carboxylic acids is 2. The molecule has 3 aromatic rings. The summed E-state index contributed by atoms with van der Waals surface area (Å²) in [6.07, 6.45) is 1.68. The molecule has 1 unspecified atom stereocenters. The molecular formula is C21H21N3O3S. The summed E-state index contributed by atoms with van der Waals surface area (Å²) in [5, 5.41) is 13.8. The number of H-pyrrole nitrogens is 1. The van der Waals surface area contributed by atoms with Crippen molar-refractivity contribution in [1.29, 1.82) is 0 Å². The fourth-order valence-corrected chi connectivity index (χ4v) is 4.42. The van der Waals surface area contributed by atoms with E-state index in [1.54, 1.807) is 11.1 Å². The standard InChI is InChI=1S/C21H21N3O3S/c1-23(2)9-10-24-18(16-8-5-11-28-16)17(20(26)21(24)27)19(25)14-12-22-15-7-4-3-6-13(14)15/h3-8,11-12,18,22,25H,9-10H2,1-2H3/b19-17+. The minimum absolute atomic E-state index is 0.137. The third-order valence-corrected chi connectivity index (χ3v) is 5.91. The van der Waals surface area contributed by atoms with Gasteiger partial charge < -0.3 is 19.9 Å². The van der Waals surface area contributed by atoms with Crippen molar-refractivity contribution in [2.45, 2.75) is 6.04 Å². The van der Waals surface area contributed by atoms with Gasteiger partial charge in [0, 0.05) is 40.6 Å². The number of likely N-dealkylation sites (N-methyl/N-ethyl adjacent to an activating group) is 1. The molecule has 7 heteroatoms. The molecule has 4 rings (SSSR count). The Bertz CT molecular complexity index is 1070. The number of Topliss-reactive ketones (excluding diaryl/α,β-unsaturated/α-hetero) is 1. The molecule has 0 bridgehead atoms. The first-order chi connectivity index (χ1) is 13.5. The van der Waals surface area contributed by atoms with Crippen LogP contribution in [-0.2, 0) is 9.59 Å². The monoisotopic (exact) mass is 395 g/mol. The molecule has 1 aromatic carbocycles. The van der Waals surface area contributed by atoms with E-state index in [0.717, 1.165) is 15.8 Å². The predicted molar refractivity (Wildman–Crippen MR) is 110 cm³/mol. The molecule has 0 aliphatic carbocycles. The van der Waals surface area contributed by atoms with Crippen LogP contribution >= 0.6 is 11.3 Å². The van der Waals surface area contributed by atoms with Crippen LogP contribution in [0.1, 0.15) is 16.5 Å². The van der Waals surface area contributed by atoms with E-state index in [1.165, 1.54) is 11.3 Å². The number of hydrogen-bond donors (Lipinski definition) is 2. The van der Waals surface area contributed by atoms with Crippen LogP contribution in [-0.4, -0.2) is 58.8 Å². The highest BCUT2D eigenvalue weighted by Crippen LogP contribution is 2.41. The zero-order valence-corrected chi connectivity index (χ0v) is 16.5. The van der Waals surface area contributed by atoms with Crippen LogP contribution < -0.4 is 0 Å². The van der Waals surface area contributed by atoms with E-state index in [9.17, 15) is 14.7 Å². The van der Waals surface area contributed by atoms with Gasteiger partial charge in [-0.05, 0) is 31.6 Å². The number of nitrogens with zero attached hydrogens (tertiary/aromatic N) is 2. The first kappa shape index (κ1) is 18.5. The number of aliphatic hydroxyl groups excluding tert-OH is 1. The molecule has 144 valence electrons. The van der Waals surface area contributed by atoms with E-state index < -0.39 is 17.7 Å². The number of fused-ring (bicyclic) bond motifs is 1. The fraction of sp³-hybridized carbons (Fsp3) is 0.238. The summed E-state index contributed by atoms with van der Waals surface area (Å²) in [4.78, 5) is 33.2. The predicted octanol–water partition coefficient (Wildman–Crippen LogP) is 3.21. The molecule has 1 aliphatic rings. The molecule has 1 saturated heterocycles. The average molecular weight is 395 g/mol. The third kappa shape index (κ3) is 3.02. The normalized spacial score (nSPS) is 19.2. The maximum Gasteiger partial charge on any atom is 0.295 e. The SMILES string of the molecule is CN(C)CCN1C(=O)C(=O)/C(=C(/O)c2c[nH]c3ccccc23)C1c1cccs1. The Morgan fingerprint density at radius 2 is 2.00 bits per heavy atom. The second kappa shape index (κ2) is 7.26. The van der Waals surface area contributed by atoms with Crippen molar-refractivity contribution >= 4 is 39.7 Å². The molecule has 0 radical (unpaired) electrons. The topological polar surface area (TPSA) is 76.6 Å². The molecule has 6 nitrogen and oxygen atoms in total. The lowest BCUT2D eigenvalue weighted by atomic mass is 9.99. The molecule has 1 fully saturated rings. The molecule has 2 aromatic heterocycles. The van der Waals surface area contributed by atoms with Gasteiger partial charge >= 0.3 is 0 Å². The van der Waals surface area contributed by atoms with Crippen molar-refractivity contribution in [3.63, 3.8) is 0 Å². The number of hydrogen-bond acceptors (Lipinski definition) is 5. The van der Waals surface area contributed by atoms with Gasteiger partial charge in [-0.15, -0.1) is 11.3 Å². The average Bonchev–Trinajstić information content (AvgIpc) is 3.39. The summed E-state index contributed by atoms with van der Waals surface area (Å²) < 4.78 is 0. The lowest BCUT2D eigenvalue weighted by Crippen LogP contribution is -2.35. The molecule has 2 N–H and O–H groups in total. The number of amides is 1. The van der Waals surface area contributed by atoms with Gasteiger partial charge in [0.1, 0.15) is 5.76 Å². The Balaban J connectivity index is 1.86. The molecule has 1 amide bonds. The van der Waals surface area contributed by atoms with Crippen LogP contribution in [0, 0.1) is 0 Å². The Morgan fingerprint density at radius 1 is 1.21 bits per heavy atom. The number of rotatable bonds is 5. The van der Waals surface area contributed by atoms with Crippen LogP contribution in [0.5, 0.6) is 0 Å². The summed E-state index contributed by atoms with van der Waals surface area (Å²) in [5.74, 6) is -1.34. The van der Waals surface area contributed by atoms with Crippen LogP contribution in [0.25, 0.3) is 16.7 Å². The van der Waals surface area contributed by atoms with Crippen molar-refractivity contribution in [2.24, 2.45) is 0 Å². The van der Waals surface area contributed by atoms with E-state index in [0.29, 0.717) is 18.7 Å². The number of aromatic nitrogens is 1. The van der Waals surface area contributed by atoms with Crippen LogP contribution in [0.3, 0.4) is 0 Å². The number of aromatic amines is 1. The Hall–Kier alpha value is -2.90. The van der Waals surface area contributed by atoms with Crippen LogP contribution in [0.2, 0.25) is 0 Å². The minimum atomic E-state index is -0.639. The van der Waals surface area contributed by atoms with E-state index in [4.69, 9.17) is 0 Å². The number of aliphatic hydroxyl groups is 1. The molecule has 28 heavy (non-hydrogen) atoms. The quantitative estimate of drug-likeness (QED) is 0.395. The zero-order valence-electron chi connectivity index (χ0n) is 15.7. The third-order valence-electron chi connectivity index (χ3n) is 4.99. The number of nitrogens with one attached hydrogen (secondary N) is 1. The Kier molecular flexibility index (Phi) is 4.78. The van der Waals surface area contributed by atoms with Gasteiger partial charge in [-0.3, -0.25) is 9.59 Å². The summed E-state index contributed by atoms with van der Waals surface area (Å²) in [6.45, 7) is 1.03. The molecule has 1 atom stereocenters. The zero-order chi connectivity index (χ0) is 19.8. The number of benzene rings is 1. The van der Waals surface area contributed by atoms with Crippen molar-refractivity contribution in [3.8, 4) is 0 Å². The van der Waals surface area contributed by atoms with E-state index in [-0.39, 0.29) is 11.3 Å². The smallest absolute Gasteiger partial charge is 0.295 e. The fourth-order valence-electron chi connectivity index (χ4n) is 3.57. The van der Waals surface area contributed by atoms with E-state index >= 15 is 0 Å². The van der Waals surface area contributed by atoms with Gasteiger partial charge in [-0.2, -0.15) is 0 Å².